The second-order valence-electron chi connectivity index (χ2n) is 5.17. The van der Waals surface area contributed by atoms with Gasteiger partial charge in [0.25, 0.3) is 5.91 Å². The lowest BCUT2D eigenvalue weighted by atomic mass is 9.87. The zero-order valence-electron chi connectivity index (χ0n) is 11.9. The molecule has 4 nitrogen and oxygen atoms in total. The zero-order chi connectivity index (χ0) is 13.8. The van der Waals surface area contributed by atoms with Gasteiger partial charge in [0, 0.05) is 20.1 Å². The SMILES string of the molecule is CNC1CCCc2cc(OCC(=O)N(C)C)ccc21. The highest BCUT2D eigenvalue weighted by atomic mass is 16.5. The monoisotopic (exact) mass is 262 g/mol. The first kappa shape index (κ1) is 13.9. The molecular formula is C15H22N2O2. The van der Waals surface area contributed by atoms with Gasteiger partial charge in [0.15, 0.2) is 6.61 Å². The van der Waals surface area contributed by atoms with Crippen LogP contribution in [0.2, 0.25) is 0 Å². The van der Waals surface area contributed by atoms with E-state index in [1.165, 1.54) is 28.9 Å². The third-order valence-electron chi connectivity index (χ3n) is 3.64. The van der Waals surface area contributed by atoms with Crippen molar-refractivity contribution in [3.8, 4) is 5.75 Å². The van der Waals surface area contributed by atoms with E-state index in [9.17, 15) is 4.79 Å². The summed E-state index contributed by atoms with van der Waals surface area (Å²) in [5, 5.41) is 3.34. The van der Waals surface area contributed by atoms with Gasteiger partial charge in [0.2, 0.25) is 0 Å². The quantitative estimate of drug-likeness (QED) is 0.899. The predicted molar refractivity (Wildman–Crippen MR) is 75.4 cm³/mol. The molecule has 2 rings (SSSR count). The van der Waals surface area contributed by atoms with Crippen LogP contribution in [-0.4, -0.2) is 38.6 Å². The Morgan fingerprint density at radius 3 is 2.95 bits per heavy atom. The Bertz CT molecular complexity index is 457. The number of nitrogens with zero attached hydrogens (tertiary/aromatic N) is 1. The van der Waals surface area contributed by atoms with Gasteiger partial charge in [-0.2, -0.15) is 0 Å². The number of rotatable bonds is 4. The van der Waals surface area contributed by atoms with E-state index in [-0.39, 0.29) is 12.5 Å². The lowest BCUT2D eigenvalue weighted by Gasteiger charge is -2.25. The van der Waals surface area contributed by atoms with E-state index in [0.717, 1.165) is 12.2 Å². The molecule has 1 amide bonds. The third kappa shape index (κ3) is 3.26. The summed E-state index contributed by atoms with van der Waals surface area (Å²) in [5.74, 6) is 0.761. The molecule has 4 heteroatoms. The molecule has 0 heterocycles. The van der Waals surface area contributed by atoms with Gasteiger partial charge in [-0.15, -0.1) is 0 Å². The second-order valence-corrected chi connectivity index (χ2v) is 5.17. The van der Waals surface area contributed by atoms with Gasteiger partial charge < -0.3 is 15.0 Å². The molecule has 104 valence electrons. The van der Waals surface area contributed by atoms with Gasteiger partial charge in [-0.25, -0.2) is 0 Å². The molecule has 1 atom stereocenters. The average molecular weight is 262 g/mol. The number of carbonyl (C=O) groups excluding carboxylic acids is 1. The molecule has 1 aromatic carbocycles. The summed E-state index contributed by atoms with van der Waals surface area (Å²) >= 11 is 0. The molecule has 0 spiro atoms. The summed E-state index contributed by atoms with van der Waals surface area (Å²) in [7, 11) is 5.46. The van der Waals surface area contributed by atoms with E-state index in [1.54, 1.807) is 14.1 Å². The molecule has 1 aromatic rings. The maximum Gasteiger partial charge on any atom is 0.259 e. The second kappa shape index (κ2) is 6.06. The Morgan fingerprint density at radius 2 is 2.26 bits per heavy atom. The minimum absolute atomic E-state index is 0.0224. The number of ether oxygens (including phenoxy) is 1. The maximum atomic E-state index is 11.5. The number of likely N-dealkylation sites (N-methyl/N-ethyl adjacent to an activating group) is 1. The van der Waals surface area contributed by atoms with Gasteiger partial charge >= 0.3 is 0 Å². The van der Waals surface area contributed by atoms with Crippen molar-refractivity contribution >= 4 is 5.91 Å². The lowest BCUT2D eigenvalue weighted by Crippen LogP contribution is -2.27. The van der Waals surface area contributed by atoms with Crippen molar-refractivity contribution in [1.29, 1.82) is 0 Å². The highest BCUT2D eigenvalue weighted by molar-refractivity contribution is 5.77. The number of fused-ring (bicyclic) bond motifs is 1. The number of nitrogens with one attached hydrogen (secondary N) is 1. The topological polar surface area (TPSA) is 41.6 Å². The molecule has 0 aliphatic heterocycles. The van der Waals surface area contributed by atoms with E-state index in [2.05, 4.69) is 17.4 Å². The standard InChI is InChI=1S/C15H22N2O2/c1-16-14-6-4-5-11-9-12(7-8-13(11)14)19-10-15(18)17(2)3/h7-9,14,16H,4-6,10H2,1-3H3. The normalized spacial score (nSPS) is 17.7. The summed E-state index contributed by atoms with van der Waals surface area (Å²) in [5.41, 5.74) is 2.69. The van der Waals surface area contributed by atoms with E-state index >= 15 is 0 Å². The smallest absolute Gasteiger partial charge is 0.259 e. The van der Waals surface area contributed by atoms with Crippen LogP contribution >= 0.6 is 0 Å². The van der Waals surface area contributed by atoms with Crippen LogP contribution in [0.4, 0.5) is 0 Å². The first-order chi connectivity index (χ1) is 9.11. The van der Waals surface area contributed by atoms with Crippen LogP contribution in [0.3, 0.4) is 0 Å². The highest BCUT2D eigenvalue weighted by Crippen LogP contribution is 2.31. The van der Waals surface area contributed by atoms with E-state index in [4.69, 9.17) is 4.74 Å². The minimum atomic E-state index is -0.0224. The summed E-state index contributed by atoms with van der Waals surface area (Å²) in [6.07, 6.45) is 3.47. The van der Waals surface area contributed by atoms with Crippen LogP contribution in [0.1, 0.15) is 30.0 Å². The fraction of sp³-hybridized carbons (Fsp3) is 0.533. The molecule has 0 bridgehead atoms. The summed E-state index contributed by atoms with van der Waals surface area (Å²) in [6.45, 7) is 0.0985. The third-order valence-corrected chi connectivity index (χ3v) is 3.64. The van der Waals surface area contributed by atoms with Gasteiger partial charge in [0.1, 0.15) is 5.75 Å². The molecule has 0 radical (unpaired) electrons. The molecule has 0 fully saturated rings. The van der Waals surface area contributed by atoms with Gasteiger partial charge in [-0.3, -0.25) is 4.79 Å². The lowest BCUT2D eigenvalue weighted by molar-refractivity contribution is -0.130. The fourth-order valence-electron chi connectivity index (χ4n) is 2.45. The fourth-order valence-corrected chi connectivity index (χ4v) is 2.45. The van der Waals surface area contributed by atoms with Crippen LogP contribution in [0.5, 0.6) is 5.75 Å². The molecular weight excluding hydrogens is 240 g/mol. The molecule has 1 aliphatic carbocycles. The molecule has 0 saturated heterocycles. The number of hydrogen-bond donors (Lipinski definition) is 1. The molecule has 1 unspecified atom stereocenters. The van der Waals surface area contributed by atoms with Gasteiger partial charge in [0.05, 0.1) is 0 Å². The summed E-state index contributed by atoms with van der Waals surface area (Å²) < 4.78 is 5.55. The Labute approximate surface area is 114 Å². The van der Waals surface area contributed by atoms with Crippen molar-refractivity contribution < 1.29 is 9.53 Å². The minimum Gasteiger partial charge on any atom is -0.484 e. The van der Waals surface area contributed by atoms with Crippen molar-refractivity contribution in [2.75, 3.05) is 27.7 Å². The van der Waals surface area contributed by atoms with Crippen molar-refractivity contribution in [2.24, 2.45) is 0 Å². The van der Waals surface area contributed by atoms with Crippen LogP contribution in [-0.2, 0) is 11.2 Å². The average Bonchev–Trinajstić information content (AvgIpc) is 2.43. The van der Waals surface area contributed by atoms with Crippen molar-refractivity contribution in [3.63, 3.8) is 0 Å². The molecule has 0 aromatic heterocycles. The van der Waals surface area contributed by atoms with Gasteiger partial charge in [-0.05, 0) is 49.6 Å². The largest absolute Gasteiger partial charge is 0.484 e. The number of hydrogen-bond acceptors (Lipinski definition) is 3. The number of carbonyl (C=O) groups is 1. The maximum absolute atomic E-state index is 11.5. The molecule has 1 aliphatic rings. The van der Waals surface area contributed by atoms with E-state index < -0.39 is 0 Å². The Hall–Kier alpha value is -1.55. The van der Waals surface area contributed by atoms with E-state index in [1.807, 2.05) is 13.1 Å². The summed E-state index contributed by atoms with van der Waals surface area (Å²) in [6, 6.07) is 6.59. The van der Waals surface area contributed by atoms with Crippen molar-refractivity contribution in [2.45, 2.75) is 25.3 Å². The highest BCUT2D eigenvalue weighted by Gasteiger charge is 2.19. The number of amides is 1. The Kier molecular flexibility index (Phi) is 4.43. The van der Waals surface area contributed by atoms with Crippen LogP contribution < -0.4 is 10.1 Å². The van der Waals surface area contributed by atoms with E-state index in [0.29, 0.717) is 6.04 Å². The molecule has 19 heavy (non-hydrogen) atoms. The Morgan fingerprint density at radius 1 is 1.47 bits per heavy atom. The van der Waals surface area contributed by atoms with Crippen molar-refractivity contribution in [3.05, 3.63) is 29.3 Å². The zero-order valence-corrected chi connectivity index (χ0v) is 11.9. The summed E-state index contributed by atoms with van der Waals surface area (Å²) in [4.78, 5) is 13.0. The van der Waals surface area contributed by atoms with Crippen LogP contribution in [0, 0.1) is 0 Å². The van der Waals surface area contributed by atoms with Crippen LogP contribution in [0.25, 0.3) is 0 Å². The molecule has 1 N–H and O–H groups in total. The number of benzene rings is 1. The first-order valence-corrected chi connectivity index (χ1v) is 6.75. The van der Waals surface area contributed by atoms with Gasteiger partial charge in [-0.1, -0.05) is 6.07 Å². The van der Waals surface area contributed by atoms with Crippen molar-refractivity contribution in [1.82, 2.24) is 10.2 Å². The van der Waals surface area contributed by atoms with Crippen LogP contribution in [0.15, 0.2) is 18.2 Å². The molecule has 0 saturated carbocycles. The predicted octanol–water partition coefficient (Wildman–Crippen LogP) is 1.75. The number of aryl methyl sites for hydroxylation is 1. The first-order valence-electron chi connectivity index (χ1n) is 6.75. The Balaban J connectivity index is 2.06.